The monoisotopic (exact) mass is 388 g/mol. The Morgan fingerprint density at radius 1 is 1.24 bits per heavy atom. The van der Waals surface area contributed by atoms with Gasteiger partial charge >= 0.3 is 0 Å². The second-order valence-electron chi connectivity index (χ2n) is 4.61. The average molecular weight is 390 g/mol. The van der Waals surface area contributed by atoms with E-state index in [1.54, 1.807) is 6.07 Å². The Morgan fingerprint density at radius 2 is 1.95 bits per heavy atom. The standard InChI is InChI=1S/C14H14BrClN2O2S/c1-9-6-11(16)3-2-10(9)8-18-14-5-4-12(7-13(14)15)21(17,19)20/h2-7,18H,8H2,1H3,(H2,17,19,20). The maximum Gasteiger partial charge on any atom is 0.238 e. The molecule has 0 unspecified atom stereocenters. The quantitative estimate of drug-likeness (QED) is 0.838. The molecule has 112 valence electrons. The van der Waals surface area contributed by atoms with Crippen molar-refractivity contribution in [3.05, 3.63) is 57.0 Å². The second-order valence-corrected chi connectivity index (χ2v) is 7.46. The largest absolute Gasteiger partial charge is 0.380 e. The lowest BCUT2D eigenvalue weighted by Gasteiger charge is -2.11. The molecule has 3 N–H and O–H groups in total. The zero-order valence-corrected chi connectivity index (χ0v) is 14.4. The Balaban J connectivity index is 2.17. The minimum atomic E-state index is -3.69. The van der Waals surface area contributed by atoms with Gasteiger partial charge in [0.1, 0.15) is 0 Å². The van der Waals surface area contributed by atoms with Crippen LogP contribution in [0.5, 0.6) is 0 Å². The molecule has 0 amide bonds. The maximum atomic E-state index is 11.3. The van der Waals surface area contributed by atoms with E-state index >= 15 is 0 Å². The van der Waals surface area contributed by atoms with Gasteiger partial charge < -0.3 is 5.32 Å². The summed E-state index contributed by atoms with van der Waals surface area (Å²) in [4.78, 5) is 0.0719. The topological polar surface area (TPSA) is 72.2 Å². The molecule has 0 radical (unpaired) electrons. The summed E-state index contributed by atoms with van der Waals surface area (Å²) in [6.45, 7) is 2.60. The zero-order chi connectivity index (χ0) is 15.6. The van der Waals surface area contributed by atoms with Crippen LogP contribution in [0.25, 0.3) is 0 Å². The van der Waals surface area contributed by atoms with Crippen LogP contribution >= 0.6 is 27.5 Å². The number of anilines is 1. The predicted octanol–water partition coefficient (Wildman–Crippen LogP) is 3.67. The van der Waals surface area contributed by atoms with Gasteiger partial charge in [0.15, 0.2) is 0 Å². The van der Waals surface area contributed by atoms with Crippen molar-refractivity contribution in [1.29, 1.82) is 0 Å². The molecule has 0 fully saturated rings. The number of benzene rings is 2. The van der Waals surface area contributed by atoms with E-state index in [0.29, 0.717) is 16.0 Å². The van der Waals surface area contributed by atoms with E-state index in [1.807, 2.05) is 25.1 Å². The molecule has 0 atom stereocenters. The van der Waals surface area contributed by atoms with Crippen LogP contribution in [0, 0.1) is 6.92 Å². The van der Waals surface area contributed by atoms with Gasteiger partial charge in [-0.2, -0.15) is 0 Å². The molecule has 0 saturated heterocycles. The number of halogens is 2. The highest BCUT2D eigenvalue weighted by Crippen LogP contribution is 2.26. The molecule has 0 saturated carbocycles. The molecule has 2 aromatic rings. The lowest BCUT2D eigenvalue weighted by molar-refractivity contribution is 0.598. The molecule has 2 aromatic carbocycles. The van der Waals surface area contributed by atoms with Gasteiger partial charge in [-0.3, -0.25) is 0 Å². The summed E-state index contributed by atoms with van der Waals surface area (Å²) in [5.41, 5.74) is 2.99. The SMILES string of the molecule is Cc1cc(Cl)ccc1CNc1ccc(S(N)(=O)=O)cc1Br. The smallest absolute Gasteiger partial charge is 0.238 e. The van der Waals surface area contributed by atoms with E-state index in [4.69, 9.17) is 16.7 Å². The Bertz CT molecular complexity index is 779. The van der Waals surface area contributed by atoms with Crippen LogP contribution in [0.4, 0.5) is 5.69 Å². The summed E-state index contributed by atoms with van der Waals surface area (Å²) in [6.07, 6.45) is 0. The number of aryl methyl sites for hydroxylation is 1. The van der Waals surface area contributed by atoms with Gasteiger partial charge in [-0.05, 0) is 64.3 Å². The van der Waals surface area contributed by atoms with Crippen molar-refractivity contribution >= 4 is 43.2 Å². The van der Waals surface area contributed by atoms with E-state index in [1.165, 1.54) is 12.1 Å². The number of primary sulfonamides is 1. The Labute approximate surface area is 137 Å². The van der Waals surface area contributed by atoms with Crippen molar-refractivity contribution < 1.29 is 8.42 Å². The van der Waals surface area contributed by atoms with Gasteiger partial charge in [-0.1, -0.05) is 17.7 Å². The first-order valence-corrected chi connectivity index (χ1v) is 8.80. The highest BCUT2D eigenvalue weighted by molar-refractivity contribution is 9.10. The number of rotatable bonds is 4. The van der Waals surface area contributed by atoms with Crippen molar-refractivity contribution in [3.8, 4) is 0 Å². The van der Waals surface area contributed by atoms with Crippen LogP contribution in [0.2, 0.25) is 5.02 Å². The molecular weight excluding hydrogens is 376 g/mol. The van der Waals surface area contributed by atoms with E-state index in [9.17, 15) is 8.42 Å². The van der Waals surface area contributed by atoms with Crippen LogP contribution in [-0.2, 0) is 16.6 Å². The molecule has 4 nitrogen and oxygen atoms in total. The van der Waals surface area contributed by atoms with Crippen LogP contribution in [0.1, 0.15) is 11.1 Å². The van der Waals surface area contributed by atoms with Crippen LogP contribution in [0.15, 0.2) is 45.8 Å². The van der Waals surface area contributed by atoms with Gasteiger partial charge in [-0.15, -0.1) is 0 Å². The molecular formula is C14H14BrClN2O2S. The predicted molar refractivity (Wildman–Crippen MR) is 89.0 cm³/mol. The van der Waals surface area contributed by atoms with Crippen molar-refractivity contribution in [3.63, 3.8) is 0 Å². The molecule has 2 rings (SSSR count). The first-order valence-electron chi connectivity index (χ1n) is 6.08. The molecule has 0 bridgehead atoms. The van der Waals surface area contributed by atoms with E-state index in [-0.39, 0.29) is 4.90 Å². The normalized spacial score (nSPS) is 11.4. The maximum absolute atomic E-state index is 11.3. The number of sulfonamides is 1. The minimum Gasteiger partial charge on any atom is -0.380 e. The minimum absolute atomic E-state index is 0.0719. The van der Waals surface area contributed by atoms with Gasteiger partial charge in [0.05, 0.1) is 4.90 Å². The lowest BCUT2D eigenvalue weighted by atomic mass is 10.1. The zero-order valence-electron chi connectivity index (χ0n) is 11.2. The number of nitrogens with one attached hydrogen (secondary N) is 1. The Kier molecular flexibility index (Phi) is 4.93. The third kappa shape index (κ3) is 4.20. The van der Waals surface area contributed by atoms with Crippen molar-refractivity contribution in [2.45, 2.75) is 18.4 Å². The van der Waals surface area contributed by atoms with Crippen molar-refractivity contribution in [2.75, 3.05) is 5.32 Å². The van der Waals surface area contributed by atoms with E-state index in [2.05, 4.69) is 21.2 Å². The van der Waals surface area contributed by atoms with Crippen LogP contribution in [-0.4, -0.2) is 8.42 Å². The van der Waals surface area contributed by atoms with Crippen molar-refractivity contribution in [1.82, 2.24) is 0 Å². The Morgan fingerprint density at radius 3 is 2.52 bits per heavy atom. The molecule has 0 aromatic heterocycles. The van der Waals surface area contributed by atoms with Crippen LogP contribution < -0.4 is 10.5 Å². The molecule has 7 heteroatoms. The first kappa shape index (κ1) is 16.3. The summed E-state index contributed by atoms with van der Waals surface area (Å²) < 4.78 is 23.2. The van der Waals surface area contributed by atoms with Crippen molar-refractivity contribution in [2.24, 2.45) is 5.14 Å². The first-order chi connectivity index (χ1) is 9.77. The van der Waals surface area contributed by atoms with E-state index in [0.717, 1.165) is 16.8 Å². The summed E-state index contributed by atoms with van der Waals surface area (Å²) in [5.74, 6) is 0. The van der Waals surface area contributed by atoms with Gasteiger partial charge in [-0.25, -0.2) is 13.6 Å². The third-order valence-corrected chi connectivity index (χ3v) is 4.85. The summed E-state index contributed by atoms with van der Waals surface area (Å²) in [7, 11) is -3.69. The fourth-order valence-electron chi connectivity index (χ4n) is 1.86. The summed E-state index contributed by atoms with van der Waals surface area (Å²) in [5, 5.41) is 9.04. The molecule has 0 heterocycles. The fourth-order valence-corrected chi connectivity index (χ4v) is 3.30. The van der Waals surface area contributed by atoms with Crippen LogP contribution in [0.3, 0.4) is 0 Å². The van der Waals surface area contributed by atoms with E-state index < -0.39 is 10.0 Å². The summed E-state index contributed by atoms with van der Waals surface area (Å²) in [6, 6.07) is 10.3. The number of hydrogen-bond acceptors (Lipinski definition) is 3. The fraction of sp³-hybridized carbons (Fsp3) is 0.143. The second kappa shape index (κ2) is 6.36. The summed E-state index contributed by atoms with van der Waals surface area (Å²) >= 11 is 9.26. The Hall–Kier alpha value is -1.08. The third-order valence-electron chi connectivity index (χ3n) is 3.04. The average Bonchev–Trinajstić information content (AvgIpc) is 2.38. The van der Waals surface area contributed by atoms with Gasteiger partial charge in [0, 0.05) is 21.7 Å². The highest BCUT2D eigenvalue weighted by Gasteiger charge is 2.10. The number of nitrogens with two attached hydrogens (primary N) is 1. The molecule has 0 spiro atoms. The molecule has 21 heavy (non-hydrogen) atoms. The molecule has 0 aliphatic carbocycles. The molecule has 0 aliphatic heterocycles. The molecule has 0 aliphatic rings. The van der Waals surface area contributed by atoms with Gasteiger partial charge in [0.25, 0.3) is 0 Å². The van der Waals surface area contributed by atoms with Gasteiger partial charge in [0.2, 0.25) is 10.0 Å². The number of hydrogen-bond donors (Lipinski definition) is 2. The highest BCUT2D eigenvalue weighted by atomic mass is 79.9. The lowest BCUT2D eigenvalue weighted by Crippen LogP contribution is -2.12.